The van der Waals surface area contributed by atoms with Gasteiger partial charge in [-0.05, 0) is 18.4 Å². The van der Waals surface area contributed by atoms with Gasteiger partial charge in [-0.1, -0.05) is 23.2 Å². The van der Waals surface area contributed by atoms with Gasteiger partial charge < -0.3 is 10.1 Å². The van der Waals surface area contributed by atoms with Crippen molar-refractivity contribution < 1.29 is 9.53 Å². The maximum Gasteiger partial charge on any atom is 0.257 e. The minimum Gasteiger partial charge on any atom is -0.484 e. The van der Waals surface area contributed by atoms with E-state index in [4.69, 9.17) is 27.9 Å². The fourth-order valence-electron chi connectivity index (χ4n) is 1.06. The highest BCUT2D eigenvalue weighted by Gasteiger charge is 2.04. The number of carbonyl (C=O) groups is 1. The van der Waals surface area contributed by atoms with Gasteiger partial charge in [0.15, 0.2) is 6.61 Å². The normalized spacial score (nSPS) is 10.1. The van der Waals surface area contributed by atoms with Gasteiger partial charge in [0.1, 0.15) is 5.75 Å². The number of carbonyl (C=O) groups excluding carboxylic acids is 1. The molecule has 3 nitrogen and oxygen atoms in total. The molecule has 0 saturated carbocycles. The average Bonchev–Trinajstić information content (AvgIpc) is 2.31. The lowest BCUT2D eigenvalue weighted by atomic mass is 10.3. The Bertz CT molecular complexity index is 388. The van der Waals surface area contributed by atoms with Gasteiger partial charge in [0.05, 0.1) is 10.0 Å². The van der Waals surface area contributed by atoms with Crippen LogP contribution < -0.4 is 10.1 Å². The Morgan fingerprint density at radius 2 is 2.18 bits per heavy atom. The van der Waals surface area contributed by atoms with Crippen molar-refractivity contribution in [3.8, 4) is 5.75 Å². The van der Waals surface area contributed by atoms with Crippen LogP contribution in [-0.2, 0) is 4.79 Å². The summed E-state index contributed by atoms with van der Waals surface area (Å²) in [5, 5.41) is 3.61. The summed E-state index contributed by atoms with van der Waals surface area (Å²) in [4.78, 5) is 11.3. The third kappa shape index (κ3) is 5.52. The minimum atomic E-state index is -0.148. The largest absolute Gasteiger partial charge is 0.484 e. The zero-order chi connectivity index (χ0) is 12.7. The summed E-state index contributed by atoms with van der Waals surface area (Å²) >= 11 is 13.2. The van der Waals surface area contributed by atoms with Crippen molar-refractivity contribution >= 4 is 40.9 Å². The summed E-state index contributed by atoms with van der Waals surface area (Å²) in [6.45, 7) is 0.622. The second-order valence-electron chi connectivity index (χ2n) is 3.21. The van der Waals surface area contributed by atoms with Crippen molar-refractivity contribution in [2.75, 3.05) is 25.2 Å². The number of halogens is 2. The van der Waals surface area contributed by atoms with Crippen LogP contribution in [0.15, 0.2) is 18.2 Å². The number of hydrogen-bond donors (Lipinski definition) is 1. The molecule has 0 unspecified atom stereocenters. The van der Waals surface area contributed by atoms with Crippen LogP contribution in [0, 0.1) is 0 Å². The highest BCUT2D eigenvalue weighted by molar-refractivity contribution is 7.98. The van der Waals surface area contributed by atoms with Gasteiger partial charge in [-0.25, -0.2) is 0 Å². The molecule has 0 radical (unpaired) electrons. The molecule has 1 N–H and O–H groups in total. The lowest BCUT2D eigenvalue weighted by molar-refractivity contribution is -0.122. The molecule has 0 fully saturated rings. The second kappa shape index (κ2) is 7.69. The van der Waals surface area contributed by atoms with E-state index in [-0.39, 0.29) is 12.5 Å². The third-order valence-electron chi connectivity index (χ3n) is 1.89. The molecule has 0 heterocycles. The lowest BCUT2D eigenvalue weighted by Gasteiger charge is -2.07. The lowest BCUT2D eigenvalue weighted by Crippen LogP contribution is -2.30. The monoisotopic (exact) mass is 293 g/mol. The van der Waals surface area contributed by atoms with E-state index in [1.807, 2.05) is 6.26 Å². The summed E-state index contributed by atoms with van der Waals surface area (Å²) in [6, 6.07) is 4.88. The predicted octanol–water partition coefficient (Wildman–Crippen LogP) is 2.85. The summed E-state index contributed by atoms with van der Waals surface area (Å²) in [5.74, 6) is 1.27. The number of thioether (sulfide) groups is 1. The molecule has 1 aromatic carbocycles. The summed E-state index contributed by atoms with van der Waals surface area (Å²) in [6.07, 6.45) is 1.98. The van der Waals surface area contributed by atoms with E-state index in [0.29, 0.717) is 22.3 Å². The second-order valence-corrected chi connectivity index (χ2v) is 5.01. The van der Waals surface area contributed by atoms with Crippen molar-refractivity contribution in [3.05, 3.63) is 28.2 Å². The molecule has 0 atom stereocenters. The number of amides is 1. The maximum absolute atomic E-state index is 11.3. The molecule has 0 aliphatic rings. The van der Waals surface area contributed by atoms with Crippen molar-refractivity contribution in [3.63, 3.8) is 0 Å². The Kier molecular flexibility index (Phi) is 6.55. The Labute approximate surface area is 115 Å². The number of hydrogen-bond acceptors (Lipinski definition) is 3. The highest BCUT2D eigenvalue weighted by Crippen LogP contribution is 2.26. The first kappa shape index (κ1) is 14.5. The molecule has 0 spiro atoms. The number of benzene rings is 1. The van der Waals surface area contributed by atoms with E-state index in [9.17, 15) is 4.79 Å². The first-order valence-corrected chi connectivity index (χ1v) is 7.12. The van der Waals surface area contributed by atoms with Crippen molar-refractivity contribution in [1.82, 2.24) is 5.32 Å². The number of rotatable bonds is 6. The van der Waals surface area contributed by atoms with Crippen LogP contribution >= 0.6 is 35.0 Å². The fourth-order valence-corrected chi connectivity index (χ4v) is 1.65. The first-order valence-electron chi connectivity index (χ1n) is 4.97. The minimum absolute atomic E-state index is 0.0215. The Hall–Kier alpha value is -0.580. The summed E-state index contributed by atoms with van der Waals surface area (Å²) in [7, 11) is 0. The van der Waals surface area contributed by atoms with Crippen LogP contribution in [0.2, 0.25) is 10.0 Å². The molecule has 0 bridgehead atoms. The quantitative estimate of drug-likeness (QED) is 0.820. The van der Waals surface area contributed by atoms with Gasteiger partial charge in [-0.3, -0.25) is 4.79 Å². The van der Waals surface area contributed by atoms with Crippen LogP contribution in [0.1, 0.15) is 0 Å². The number of ether oxygens (including phenoxy) is 1. The molecule has 0 aliphatic heterocycles. The van der Waals surface area contributed by atoms with Crippen molar-refractivity contribution in [2.45, 2.75) is 0 Å². The van der Waals surface area contributed by atoms with Crippen molar-refractivity contribution in [1.29, 1.82) is 0 Å². The molecule has 0 saturated heterocycles. The Balaban J connectivity index is 2.34. The van der Waals surface area contributed by atoms with E-state index >= 15 is 0 Å². The molecule has 6 heteroatoms. The van der Waals surface area contributed by atoms with Crippen LogP contribution in [0.25, 0.3) is 0 Å². The molecule has 1 rings (SSSR count). The van der Waals surface area contributed by atoms with E-state index in [1.165, 1.54) is 0 Å². The highest BCUT2D eigenvalue weighted by atomic mass is 35.5. The van der Waals surface area contributed by atoms with Gasteiger partial charge in [-0.2, -0.15) is 11.8 Å². The van der Waals surface area contributed by atoms with Crippen LogP contribution in [-0.4, -0.2) is 31.1 Å². The Morgan fingerprint density at radius 1 is 1.41 bits per heavy atom. The SMILES string of the molecule is CSCCNC(=O)COc1ccc(Cl)c(Cl)c1. The predicted molar refractivity (Wildman–Crippen MR) is 73.3 cm³/mol. The van der Waals surface area contributed by atoms with E-state index in [1.54, 1.807) is 30.0 Å². The molecule has 1 amide bonds. The van der Waals surface area contributed by atoms with E-state index < -0.39 is 0 Å². The fraction of sp³-hybridized carbons (Fsp3) is 0.364. The Morgan fingerprint density at radius 3 is 2.82 bits per heavy atom. The van der Waals surface area contributed by atoms with E-state index in [0.717, 1.165) is 5.75 Å². The maximum atomic E-state index is 11.3. The molecular formula is C11H13Cl2NO2S. The topological polar surface area (TPSA) is 38.3 Å². The number of nitrogens with one attached hydrogen (secondary N) is 1. The van der Waals surface area contributed by atoms with Crippen LogP contribution in [0.5, 0.6) is 5.75 Å². The van der Waals surface area contributed by atoms with Crippen LogP contribution in [0.3, 0.4) is 0 Å². The first-order chi connectivity index (χ1) is 8.13. The molecule has 0 aromatic heterocycles. The summed E-state index contributed by atoms with van der Waals surface area (Å²) in [5.41, 5.74) is 0. The molecule has 94 valence electrons. The zero-order valence-electron chi connectivity index (χ0n) is 9.33. The van der Waals surface area contributed by atoms with Gasteiger partial charge in [-0.15, -0.1) is 0 Å². The van der Waals surface area contributed by atoms with Gasteiger partial charge >= 0.3 is 0 Å². The average molecular weight is 294 g/mol. The molecule has 0 aliphatic carbocycles. The standard InChI is InChI=1S/C11H13Cl2NO2S/c1-17-5-4-14-11(15)7-16-8-2-3-9(12)10(13)6-8/h2-3,6H,4-5,7H2,1H3,(H,14,15). The van der Waals surface area contributed by atoms with E-state index in [2.05, 4.69) is 5.32 Å². The smallest absolute Gasteiger partial charge is 0.257 e. The van der Waals surface area contributed by atoms with Crippen LogP contribution in [0.4, 0.5) is 0 Å². The van der Waals surface area contributed by atoms with Gasteiger partial charge in [0.2, 0.25) is 0 Å². The zero-order valence-corrected chi connectivity index (χ0v) is 11.7. The molecule has 1 aromatic rings. The third-order valence-corrected chi connectivity index (χ3v) is 3.24. The molecule has 17 heavy (non-hydrogen) atoms. The van der Waals surface area contributed by atoms with Gasteiger partial charge in [0, 0.05) is 18.4 Å². The van der Waals surface area contributed by atoms with Gasteiger partial charge in [0.25, 0.3) is 5.91 Å². The molecular weight excluding hydrogens is 281 g/mol. The van der Waals surface area contributed by atoms with Crippen molar-refractivity contribution in [2.24, 2.45) is 0 Å². The summed E-state index contributed by atoms with van der Waals surface area (Å²) < 4.78 is 5.27.